The fourth-order valence-electron chi connectivity index (χ4n) is 2.48. The van der Waals surface area contributed by atoms with E-state index >= 15 is 0 Å². The van der Waals surface area contributed by atoms with Gasteiger partial charge >= 0.3 is 0 Å². The molecule has 112 valence electrons. The molecule has 0 aliphatic rings. The second-order valence-electron chi connectivity index (χ2n) is 5.32. The van der Waals surface area contributed by atoms with Crippen molar-refractivity contribution in [3.05, 3.63) is 59.2 Å². The number of nitrogens with two attached hydrogens (primary N) is 1. The van der Waals surface area contributed by atoms with Gasteiger partial charge in [0.2, 0.25) is 0 Å². The van der Waals surface area contributed by atoms with Crippen molar-refractivity contribution < 1.29 is 9.47 Å². The number of ether oxygens (including phenoxy) is 2. The first-order valence-corrected chi connectivity index (χ1v) is 7.17. The zero-order valence-corrected chi connectivity index (χ0v) is 12.9. The molecule has 0 radical (unpaired) electrons. The van der Waals surface area contributed by atoms with Gasteiger partial charge in [0.05, 0.1) is 14.2 Å². The van der Waals surface area contributed by atoms with Gasteiger partial charge in [-0.15, -0.1) is 0 Å². The molecule has 2 aromatic rings. The Bertz CT molecular complexity index is 579. The molecule has 1 atom stereocenters. The molecular weight excluding hydrogens is 262 g/mol. The van der Waals surface area contributed by atoms with Gasteiger partial charge < -0.3 is 15.2 Å². The van der Waals surface area contributed by atoms with Crippen LogP contribution >= 0.6 is 0 Å². The molecule has 2 N–H and O–H groups in total. The lowest BCUT2D eigenvalue weighted by Gasteiger charge is -2.16. The highest BCUT2D eigenvalue weighted by atomic mass is 16.5. The van der Waals surface area contributed by atoms with Crippen LogP contribution in [0.2, 0.25) is 0 Å². The third kappa shape index (κ3) is 3.99. The summed E-state index contributed by atoms with van der Waals surface area (Å²) >= 11 is 0. The number of benzene rings is 2. The SMILES string of the molecule is COc1cc(C[C@H](C)N)c(OC)cc1Cc1ccccc1. The summed E-state index contributed by atoms with van der Waals surface area (Å²) in [5, 5.41) is 0. The summed E-state index contributed by atoms with van der Waals surface area (Å²) < 4.78 is 11.1. The van der Waals surface area contributed by atoms with E-state index in [9.17, 15) is 0 Å². The molecule has 0 amide bonds. The van der Waals surface area contributed by atoms with Crippen LogP contribution < -0.4 is 15.2 Å². The van der Waals surface area contributed by atoms with Crippen molar-refractivity contribution in [2.24, 2.45) is 5.73 Å². The van der Waals surface area contributed by atoms with Gasteiger partial charge in [0.25, 0.3) is 0 Å². The maximum absolute atomic E-state index is 5.90. The zero-order valence-electron chi connectivity index (χ0n) is 12.9. The predicted octanol–water partition coefficient (Wildman–Crippen LogP) is 3.18. The number of rotatable bonds is 6. The molecule has 0 spiro atoms. The number of methoxy groups -OCH3 is 2. The Hall–Kier alpha value is -2.00. The largest absolute Gasteiger partial charge is 0.496 e. The smallest absolute Gasteiger partial charge is 0.122 e. The van der Waals surface area contributed by atoms with Crippen LogP contribution in [0.1, 0.15) is 23.6 Å². The Morgan fingerprint density at radius 1 is 0.952 bits per heavy atom. The Balaban J connectivity index is 2.36. The summed E-state index contributed by atoms with van der Waals surface area (Å²) in [6.45, 7) is 1.99. The van der Waals surface area contributed by atoms with E-state index in [0.29, 0.717) is 0 Å². The fraction of sp³-hybridized carbons (Fsp3) is 0.333. The predicted molar refractivity (Wildman–Crippen MR) is 86.1 cm³/mol. The Labute approximate surface area is 126 Å². The monoisotopic (exact) mass is 285 g/mol. The molecule has 0 aliphatic carbocycles. The van der Waals surface area contributed by atoms with Crippen LogP contribution in [0, 0.1) is 0 Å². The summed E-state index contributed by atoms with van der Waals surface area (Å²) in [6.07, 6.45) is 1.59. The van der Waals surface area contributed by atoms with Crippen molar-refractivity contribution >= 4 is 0 Å². The van der Waals surface area contributed by atoms with Crippen molar-refractivity contribution in [3.63, 3.8) is 0 Å². The summed E-state index contributed by atoms with van der Waals surface area (Å²) in [6, 6.07) is 14.5. The van der Waals surface area contributed by atoms with Gasteiger partial charge in [-0.3, -0.25) is 0 Å². The van der Waals surface area contributed by atoms with Gasteiger partial charge in [-0.05, 0) is 36.6 Å². The van der Waals surface area contributed by atoms with Crippen LogP contribution in [0.4, 0.5) is 0 Å². The van der Waals surface area contributed by atoms with E-state index in [-0.39, 0.29) is 6.04 Å². The molecule has 0 saturated carbocycles. The van der Waals surface area contributed by atoms with Crippen molar-refractivity contribution in [2.45, 2.75) is 25.8 Å². The zero-order chi connectivity index (χ0) is 15.2. The third-order valence-electron chi connectivity index (χ3n) is 3.46. The quantitative estimate of drug-likeness (QED) is 0.886. The molecule has 0 aliphatic heterocycles. The van der Waals surface area contributed by atoms with Crippen LogP contribution in [0.3, 0.4) is 0 Å². The molecule has 0 bridgehead atoms. The van der Waals surface area contributed by atoms with Crippen molar-refractivity contribution in [2.75, 3.05) is 14.2 Å². The normalized spacial score (nSPS) is 12.0. The minimum Gasteiger partial charge on any atom is -0.496 e. The summed E-state index contributed by atoms with van der Waals surface area (Å²) in [7, 11) is 3.39. The molecular formula is C18H23NO2. The van der Waals surface area contributed by atoms with Gasteiger partial charge in [-0.1, -0.05) is 30.3 Å². The van der Waals surface area contributed by atoms with Crippen molar-refractivity contribution in [3.8, 4) is 11.5 Å². The van der Waals surface area contributed by atoms with Gasteiger partial charge in [0.15, 0.2) is 0 Å². The molecule has 21 heavy (non-hydrogen) atoms. The average molecular weight is 285 g/mol. The molecule has 3 nitrogen and oxygen atoms in total. The third-order valence-corrected chi connectivity index (χ3v) is 3.46. The molecule has 3 heteroatoms. The lowest BCUT2D eigenvalue weighted by molar-refractivity contribution is 0.394. The van der Waals surface area contributed by atoms with Crippen LogP contribution in [0.15, 0.2) is 42.5 Å². The van der Waals surface area contributed by atoms with E-state index in [0.717, 1.165) is 35.5 Å². The standard InChI is InChI=1S/C18H23NO2/c1-13(19)9-15-11-18(21-3)16(12-17(15)20-2)10-14-7-5-4-6-8-14/h4-8,11-13H,9-10,19H2,1-3H3/t13-/m0/s1. The Morgan fingerprint density at radius 2 is 1.52 bits per heavy atom. The molecule has 2 aromatic carbocycles. The Morgan fingerprint density at radius 3 is 2.10 bits per heavy atom. The maximum atomic E-state index is 5.90. The van der Waals surface area contributed by atoms with E-state index < -0.39 is 0 Å². The fourth-order valence-corrected chi connectivity index (χ4v) is 2.48. The highest BCUT2D eigenvalue weighted by molar-refractivity contribution is 5.48. The number of hydrogen-bond acceptors (Lipinski definition) is 3. The maximum Gasteiger partial charge on any atom is 0.122 e. The minimum atomic E-state index is 0.0866. The lowest BCUT2D eigenvalue weighted by atomic mass is 9.99. The minimum absolute atomic E-state index is 0.0866. The lowest BCUT2D eigenvalue weighted by Crippen LogP contribution is -2.18. The summed E-state index contributed by atoms with van der Waals surface area (Å²) in [4.78, 5) is 0. The molecule has 0 fully saturated rings. The van der Waals surface area contributed by atoms with E-state index in [1.807, 2.05) is 31.2 Å². The first kappa shape index (κ1) is 15.4. The van der Waals surface area contributed by atoms with Gasteiger partial charge in [-0.25, -0.2) is 0 Å². The molecule has 0 unspecified atom stereocenters. The van der Waals surface area contributed by atoms with Crippen LogP contribution in [0.5, 0.6) is 11.5 Å². The molecule has 0 heterocycles. The van der Waals surface area contributed by atoms with E-state index in [4.69, 9.17) is 15.2 Å². The Kier molecular flexibility index (Phi) is 5.23. The highest BCUT2D eigenvalue weighted by Gasteiger charge is 2.13. The van der Waals surface area contributed by atoms with E-state index in [1.54, 1.807) is 14.2 Å². The topological polar surface area (TPSA) is 44.5 Å². The summed E-state index contributed by atoms with van der Waals surface area (Å²) in [5.74, 6) is 1.76. The van der Waals surface area contributed by atoms with Crippen molar-refractivity contribution in [1.29, 1.82) is 0 Å². The summed E-state index contributed by atoms with van der Waals surface area (Å²) in [5.41, 5.74) is 9.36. The molecule has 0 saturated heterocycles. The first-order valence-electron chi connectivity index (χ1n) is 7.17. The van der Waals surface area contributed by atoms with E-state index in [1.165, 1.54) is 5.56 Å². The number of hydrogen-bond donors (Lipinski definition) is 1. The first-order chi connectivity index (χ1) is 10.1. The highest BCUT2D eigenvalue weighted by Crippen LogP contribution is 2.31. The van der Waals surface area contributed by atoms with Crippen LogP contribution in [0.25, 0.3) is 0 Å². The van der Waals surface area contributed by atoms with Gasteiger partial charge in [-0.2, -0.15) is 0 Å². The molecule has 2 rings (SSSR count). The average Bonchev–Trinajstić information content (AvgIpc) is 2.48. The van der Waals surface area contributed by atoms with Gasteiger partial charge in [0.1, 0.15) is 11.5 Å². The van der Waals surface area contributed by atoms with E-state index in [2.05, 4.69) is 18.2 Å². The second-order valence-corrected chi connectivity index (χ2v) is 5.32. The van der Waals surface area contributed by atoms with Crippen LogP contribution in [-0.2, 0) is 12.8 Å². The van der Waals surface area contributed by atoms with Crippen molar-refractivity contribution in [1.82, 2.24) is 0 Å². The molecule has 0 aromatic heterocycles. The second kappa shape index (κ2) is 7.14. The van der Waals surface area contributed by atoms with Crippen LogP contribution in [-0.4, -0.2) is 20.3 Å². The van der Waals surface area contributed by atoms with Gasteiger partial charge in [0, 0.05) is 18.0 Å².